The first-order valence-electron chi connectivity index (χ1n) is 8.27. The number of anilines is 2. The van der Waals surface area contributed by atoms with Gasteiger partial charge in [0.2, 0.25) is 5.91 Å². The number of nitro groups is 1. The molecule has 0 unspecified atom stereocenters. The van der Waals surface area contributed by atoms with E-state index in [2.05, 4.69) is 18.3 Å². The fourth-order valence-electron chi connectivity index (χ4n) is 3.27. The maximum absolute atomic E-state index is 12.5. The summed E-state index contributed by atoms with van der Waals surface area (Å²) in [5.41, 5.74) is 4.18. The highest BCUT2D eigenvalue weighted by Crippen LogP contribution is 2.32. The van der Waals surface area contributed by atoms with Crippen LogP contribution in [0.5, 0.6) is 0 Å². The minimum atomic E-state index is -0.462. The molecule has 1 aliphatic rings. The SMILES string of the molecule is Cc1cc(NC(=O)CN2c3ccccc3C[C@H]2C)c([N+](=O)[O-])cc1C. The molecule has 3 rings (SSSR count). The van der Waals surface area contributed by atoms with Crippen LogP contribution >= 0.6 is 0 Å². The van der Waals surface area contributed by atoms with Crippen LogP contribution in [0.1, 0.15) is 23.6 Å². The lowest BCUT2D eigenvalue weighted by molar-refractivity contribution is -0.384. The van der Waals surface area contributed by atoms with Crippen molar-refractivity contribution in [1.29, 1.82) is 0 Å². The molecule has 6 heteroatoms. The number of carbonyl (C=O) groups excluding carboxylic acids is 1. The van der Waals surface area contributed by atoms with Crippen LogP contribution in [0.3, 0.4) is 0 Å². The molecule has 2 aromatic carbocycles. The highest BCUT2D eigenvalue weighted by atomic mass is 16.6. The summed E-state index contributed by atoms with van der Waals surface area (Å²) in [4.78, 5) is 25.4. The highest BCUT2D eigenvalue weighted by Gasteiger charge is 2.27. The third-order valence-corrected chi connectivity index (χ3v) is 4.75. The third-order valence-electron chi connectivity index (χ3n) is 4.75. The van der Waals surface area contributed by atoms with Crippen LogP contribution in [0.25, 0.3) is 0 Å². The first-order valence-corrected chi connectivity index (χ1v) is 8.27. The molecule has 0 aliphatic carbocycles. The Hall–Kier alpha value is -2.89. The molecule has 130 valence electrons. The Labute approximate surface area is 146 Å². The van der Waals surface area contributed by atoms with Gasteiger partial charge in [0, 0.05) is 17.8 Å². The molecule has 0 saturated carbocycles. The number of aryl methyl sites for hydroxylation is 2. The van der Waals surface area contributed by atoms with Gasteiger partial charge in [-0.3, -0.25) is 14.9 Å². The number of nitro benzene ring substituents is 1. The Kier molecular flexibility index (Phi) is 4.44. The van der Waals surface area contributed by atoms with Crippen LogP contribution in [-0.2, 0) is 11.2 Å². The fourth-order valence-corrected chi connectivity index (χ4v) is 3.27. The largest absolute Gasteiger partial charge is 0.359 e. The summed E-state index contributed by atoms with van der Waals surface area (Å²) in [6.45, 7) is 5.93. The molecular formula is C19H21N3O3. The number of nitrogens with one attached hydrogen (secondary N) is 1. The molecule has 1 heterocycles. The van der Waals surface area contributed by atoms with Gasteiger partial charge in [0.15, 0.2) is 0 Å². The van der Waals surface area contributed by atoms with Gasteiger partial charge in [-0.25, -0.2) is 0 Å². The van der Waals surface area contributed by atoms with Gasteiger partial charge >= 0.3 is 0 Å². The van der Waals surface area contributed by atoms with E-state index in [4.69, 9.17) is 0 Å². The molecule has 0 radical (unpaired) electrons. The number of para-hydroxylation sites is 1. The van der Waals surface area contributed by atoms with Crippen molar-refractivity contribution in [1.82, 2.24) is 0 Å². The summed E-state index contributed by atoms with van der Waals surface area (Å²) < 4.78 is 0. The zero-order valence-corrected chi connectivity index (χ0v) is 14.6. The molecule has 0 saturated heterocycles. The summed E-state index contributed by atoms with van der Waals surface area (Å²) in [6.07, 6.45) is 0.896. The van der Waals surface area contributed by atoms with Crippen molar-refractivity contribution in [2.75, 3.05) is 16.8 Å². The van der Waals surface area contributed by atoms with Crippen molar-refractivity contribution < 1.29 is 9.72 Å². The molecule has 0 spiro atoms. The first-order chi connectivity index (χ1) is 11.9. The molecule has 1 amide bonds. The zero-order chi connectivity index (χ0) is 18.1. The van der Waals surface area contributed by atoms with Crippen LogP contribution in [-0.4, -0.2) is 23.4 Å². The van der Waals surface area contributed by atoms with Crippen molar-refractivity contribution >= 4 is 23.0 Å². The molecule has 1 atom stereocenters. The Bertz CT molecular complexity index is 848. The van der Waals surface area contributed by atoms with Gasteiger partial charge in [0.25, 0.3) is 5.69 Å². The van der Waals surface area contributed by atoms with Gasteiger partial charge < -0.3 is 10.2 Å². The number of amides is 1. The third kappa shape index (κ3) is 3.33. The minimum Gasteiger partial charge on any atom is -0.359 e. The number of hydrogen-bond donors (Lipinski definition) is 1. The second-order valence-electron chi connectivity index (χ2n) is 6.57. The second kappa shape index (κ2) is 6.55. The topological polar surface area (TPSA) is 75.5 Å². The molecule has 0 aromatic heterocycles. The van der Waals surface area contributed by atoms with E-state index in [1.807, 2.05) is 36.9 Å². The van der Waals surface area contributed by atoms with Gasteiger partial charge in [-0.1, -0.05) is 18.2 Å². The lowest BCUT2D eigenvalue weighted by Crippen LogP contribution is -2.37. The number of fused-ring (bicyclic) bond motifs is 1. The molecule has 25 heavy (non-hydrogen) atoms. The second-order valence-corrected chi connectivity index (χ2v) is 6.57. The van der Waals surface area contributed by atoms with Crippen LogP contribution in [0.15, 0.2) is 36.4 Å². The molecule has 2 aromatic rings. The van der Waals surface area contributed by atoms with E-state index in [1.165, 1.54) is 11.6 Å². The lowest BCUT2D eigenvalue weighted by Gasteiger charge is -2.24. The van der Waals surface area contributed by atoms with E-state index in [0.717, 1.165) is 23.2 Å². The van der Waals surface area contributed by atoms with E-state index in [9.17, 15) is 14.9 Å². The van der Waals surface area contributed by atoms with Crippen molar-refractivity contribution in [3.63, 3.8) is 0 Å². The molecule has 0 bridgehead atoms. The number of hydrogen-bond acceptors (Lipinski definition) is 4. The van der Waals surface area contributed by atoms with Crippen LogP contribution in [0.4, 0.5) is 17.1 Å². The lowest BCUT2D eigenvalue weighted by atomic mass is 10.1. The predicted molar refractivity (Wildman–Crippen MR) is 98.2 cm³/mol. The van der Waals surface area contributed by atoms with Crippen molar-refractivity contribution in [3.8, 4) is 0 Å². The van der Waals surface area contributed by atoms with Crippen molar-refractivity contribution in [2.45, 2.75) is 33.2 Å². The average Bonchev–Trinajstić information content (AvgIpc) is 2.86. The summed E-state index contributed by atoms with van der Waals surface area (Å²) >= 11 is 0. The Morgan fingerprint density at radius 1 is 1.28 bits per heavy atom. The number of rotatable bonds is 4. The van der Waals surface area contributed by atoms with E-state index in [1.54, 1.807) is 6.07 Å². The van der Waals surface area contributed by atoms with Crippen LogP contribution in [0, 0.1) is 24.0 Å². The van der Waals surface area contributed by atoms with Gasteiger partial charge in [-0.2, -0.15) is 0 Å². The molecule has 6 nitrogen and oxygen atoms in total. The van der Waals surface area contributed by atoms with E-state index >= 15 is 0 Å². The summed E-state index contributed by atoms with van der Waals surface area (Å²) in [5, 5.41) is 14.0. The van der Waals surface area contributed by atoms with Gasteiger partial charge in [0.1, 0.15) is 5.69 Å². The van der Waals surface area contributed by atoms with E-state index in [0.29, 0.717) is 0 Å². The monoisotopic (exact) mass is 339 g/mol. The zero-order valence-electron chi connectivity index (χ0n) is 14.6. The fraction of sp³-hybridized carbons (Fsp3) is 0.316. The quantitative estimate of drug-likeness (QED) is 0.682. The minimum absolute atomic E-state index is 0.0775. The Morgan fingerprint density at radius 3 is 2.68 bits per heavy atom. The summed E-state index contributed by atoms with van der Waals surface area (Å²) in [5.74, 6) is -0.255. The highest BCUT2D eigenvalue weighted by molar-refractivity contribution is 5.96. The summed E-state index contributed by atoms with van der Waals surface area (Å²) in [7, 11) is 0. The Balaban J connectivity index is 1.80. The standard InChI is InChI=1S/C19H21N3O3/c1-12-8-16(18(22(24)25)9-13(12)2)20-19(23)11-21-14(3)10-15-6-4-5-7-17(15)21/h4-9,14H,10-11H2,1-3H3,(H,20,23)/t14-/m1/s1. The van der Waals surface area contributed by atoms with Crippen molar-refractivity contribution in [3.05, 3.63) is 63.2 Å². The average molecular weight is 339 g/mol. The van der Waals surface area contributed by atoms with E-state index in [-0.39, 0.29) is 29.9 Å². The molecule has 1 N–H and O–H groups in total. The maximum Gasteiger partial charge on any atom is 0.293 e. The van der Waals surface area contributed by atoms with Crippen LogP contribution in [0.2, 0.25) is 0 Å². The van der Waals surface area contributed by atoms with Gasteiger partial charge in [-0.05, 0) is 56.0 Å². The Morgan fingerprint density at radius 2 is 1.96 bits per heavy atom. The summed E-state index contributed by atoms with van der Waals surface area (Å²) in [6, 6.07) is 11.4. The number of nitrogens with zero attached hydrogens (tertiary/aromatic N) is 2. The predicted octanol–water partition coefficient (Wildman–Crippen LogP) is 3.60. The maximum atomic E-state index is 12.5. The van der Waals surface area contributed by atoms with Crippen molar-refractivity contribution in [2.24, 2.45) is 0 Å². The van der Waals surface area contributed by atoms with Gasteiger partial charge in [-0.15, -0.1) is 0 Å². The van der Waals surface area contributed by atoms with Gasteiger partial charge in [0.05, 0.1) is 11.5 Å². The molecule has 0 fully saturated rings. The number of carbonyl (C=O) groups is 1. The molecular weight excluding hydrogens is 318 g/mol. The first kappa shape index (κ1) is 17.0. The number of benzene rings is 2. The molecule has 1 aliphatic heterocycles. The smallest absolute Gasteiger partial charge is 0.293 e. The van der Waals surface area contributed by atoms with Crippen LogP contribution < -0.4 is 10.2 Å². The van der Waals surface area contributed by atoms with E-state index < -0.39 is 4.92 Å². The normalized spacial score (nSPS) is 15.8.